The minimum absolute atomic E-state index is 0.0344. The molecule has 0 bridgehead atoms. The standard InChI is InChI=1S/C66H75N8O10P/c1-8-37-82-85(74(43(2)3)44(4)5)84-57-38-59(83-58(57)41-81-66(47-17-10-9-11-18-47,48-27-31-50(78-6)32-28-48)49-29-33-51(79-7)34-30-49)73-42-70-60-61(73)71-64(72-63(60)76)68-36-16-35-67-62(75)46-25-23-45(24-26-46)39-69-65(77)80-40-56-54-21-14-12-19-52(54)53-20-13-15-22-55(53)56/h9-15,17-34,42-44,56-59H,8,16,35-41H2,1-7H3,(H,67,75)(H,69,77)(H2,68,71,72,76)/t57?,58-,59-,85?/m1/s1. The van der Waals surface area contributed by atoms with Crippen LogP contribution >= 0.6 is 8.53 Å². The summed E-state index contributed by atoms with van der Waals surface area (Å²) in [7, 11) is 1.72. The Morgan fingerprint density at radius 1 is 0.765 bits per heavy atom. The first kappa shape index (κ1) is 60.2. The van der Waals surface area contributed by atoms with Gasteiger partial charge in [0.1, 0.15) is 36.0 Å². The van der Waals surface area contributed by atoms with Crippen LogP contribution in [0.5, 0.6) is 11.5 Å². The van der Waals surface area contributed by atoms with Crippen LogP contribution in [0.25, 0.3) is 22.3 Å². The molecule has 18 nitrogen and oxygen atoms in total. The van der Waals surface area contributed by atoms with E-state index < -0.39 is 44.2 Å². The lowest BCUT2D eigenvalue weighted by atomic mass is 9.80. The van der Waals surface area contributed by atoms with Gasteiger partial charge in [0.15, 0.2) is 11.2 Å². The first-order chi connectivity index (χ1) is 41.4. The van der Waals surface area contributed by atoms with Crippen molar-refractivity contribution >= 4 is 37.6 Å². The van der Waals surface area contributed by atoms with Gasteiger partial charge >= 0.3 is 6.09 Å². The van der Waals surface area contributed by atoms with Crippen molar-refractivity contribution < 1.29 is 42.3 Å². The van der Waals surface area contributed by atoms with Crippen LogP contribution in [0.15, 0.2) is 163 Å². The number of ether oxygens (including phenoxy) is 5. The molecule has 2 aliphatic rings. The predicted octanol–water partition coefficient (Wildman–Crippen LogP) is 11.9. The molecule has 2 unspecified atom stereocenters. The molecule has 3 heterocycles. The lowest BCUT2D eigenvalue weighted by Crippen LogP contribution is -2.39. The van der Waals surface area contributed by atoms with Crippen molar-refractivity contribution in [1.82, 2.24) is 34.8 Å². The van der Waals surface area contributed by atoms with E-state index in [9.17, 15) is 14.4 Å². The molecule has 8 aromatic rings. The van der Waals surface area contributed by atoms with Crippen molar-refractivity contribution in [3.05, 3.63) is 207 Å². The van der Waals surface area contributed by atoms with Crippen LogP contribution in [-0.2, 0) is 35.4 Å². The van der Waals surface area contributed by atoms with Crippen LogP contribution in [0.3, 0.4) is 0 Å². The van der Waals surface area contributed by atoms with Gasteiger partial charge in [-0.2, -0.15) is 4.98 Å². The fourth-order valence-electron chi connectivity index (χ4n) is 11.2. The topological polar surface area (TPSA) is 202 Å². The van der Waals surface area contributed by atoms with Crippen molar-refractivity contribution in [1.29, 1.82) is 0 Å². The van der Waals surface area contributed by atoms with Gasteiger partial charge in [-0.25, -0.2) is 14.4 Å². The average molecular weight is 1170 g/mol. The van der Waals surface area contributed by atoms with E-state index in [4.69, 9.17) is 37.7 Å². The number of carbonyl (C=O) groups is 2. The molecule has 1 fully saturated rings. The van der Waals surface area contributed by atoms with Gasteiger partial charge in [0.05, 0.1) is 39.9 Å². The van der Waals surface area contributed by atoms with Crippen molar-refractivity contribution in [2.75, 3.05) is 52.4 Å². The van der Waals surface area contributed by atoms with Gasteiger partial charge < -0.3 is 48.7 Å². The highest BCUT2D eigenvalue weighted by Gasteiger charge is 2.45. The maximum absolute atomic E-state index is 13.7. The van der Waals surface area contributed by atoms with Crippen LogP contribution < -0.4 is 31.0 Å². The monoisotopic (exact) mass is 1170 g/mol. The van der Waals surface area contributed by atoms with Gasteiger partial charge in [-0.05, 0) is 121 Å². The number of methoxy groups -OCH3 is 2. The Hall–Kier alpha value is -7.96. The summed E-state index contributed by atoms with van der Waals surface area (Å²) in [4.78, 5) is 51.9. The molecule has 0 saturated carbocycles. The molecule has 4 atom stereocenters. The van der Waals surface area contributed by atoms with Crippen LogP contribution in [0.1, 0.15) is 110 Å². The Balaban J connectivity index is 0.801. The molecule has 0 spiro atoms. The van der Waals surface area contributed by atoms with Gasteiger partial charge in [0.25, 0.3) is 20.0 Å². The van der Waals surface area contributed by atoms with E-state index in [1.54, 1.807) is 49.4 Å². The third-order valence-corrected chi connectivity index (χ3v) is 17.5. The smallest absolute Gasteiger partial charge is 0.407 e. The van der Waals surface area contributed by atoms with Gasteiger partial charge in [0, 0.05) is 49.6 Å². The molecule has 2 aromatic heterocycles. The highest BCUT2D eigenvalue weighted by atomic mass is 31.2. The second kappa shape index (κ2) is 27.8. The molecule has 6 aromatic carbocycles. The first-order valence-corrected chi connectivity index (χ1v) is 30.2. The van der Waals surface area contributed by atoms with Gasteiger partial charge in [0.2, 0.25) is 5.95 Å². The fourth-order valence-corrected chi connectivity index (χ4v) is 13.1. The van der Waals surface area contributed by atoms with Gasteiger partial charge in [-0.1, -0.05) is 122 Å². The Morgan fingerprint density at radius 2 is 1.38 bits per heavy atom. The number of H-pyrrole nitrogens is 1. The summed E-state index contributed by atoms with van der Waals surface area (Å²) in [6, 6.07) is 49.6. The molecule has 0 radical (unpaired) electrons. The minimum Gasteiger partial charge on any atom is -0.497 e. The van der Waals surface area contributed by atoms with E-state index in [0.717, 1.165) is 39.8 Å². The Kier molecular flexibility index (Phi) is 19.7. The highest BCUT2D eigenvalue weighted by Crippen LogP contribution is 2.51. The summed E-state index contributed by atoms with van der Waals surface area (Å²) < 4.78 is 49.2. The number of amides is 2. The van der Waals surface area contributed by atoms with Crippen molar-refractivity contribution in [2.45, 2.75) is 102 Å². The van der Waals surface area contributed by atoms with E-state index in [-0.39, 0.29) is 55.1 Å². The second-order valence-electron chi connectivity index (χ2n) is 21.6. The molecule has 1 aliphatic heterocycles. The summed E-state index contributed by atoms with van der Waals surface area (Å²) in [6.45, 7) is 12.4. The summed E-state index contributed by atoms with van der Waals surface area (Å²) in [5.41, 5.74) is 7.47. The maximum atomic E-state index is 13.7. The third kappa shape index (κ3) is 13.6. The van der Waals surface area contributed by atoms with Crippen molar-refractivity contribution in [3.8, 4) is 22.6 Å². The van der Waals surface area contributed by atoms with Crippen LogP contribution in [0.2, 0.25) is 0 Å². The predicted molar refractivity (Wildman–Crippen MR) is 329 cm³/mol. The number of nitrogens with zero attached hydrogens (tertiary/aromatic N) is 4. The van der Waals surface area contributed by atoms with E-state index >= 15 is 0 Å². The van der Waals surface area contributed by atoms with Crippen LogP contribution in [0, 0.1) is 0 Å². The zero-order valence-electron chi connectivity index (χ0n) is 49.2. The molecule has 2 amide bonds. The zero-order chi connectivity index (χ0) is 59.5. The van der Waals surface area contributed by atoms with E-state index in [2.05, 4.69) is 102 Å². The normalized spacial score (nSPS) is 16.1. The minimum atomic E-state index is -1.57. The molecular formula is C66H75N8O10P. The number of alkyl carbamates (subject to hydrolysis) is 1. The Morgan fingerprint density at radius 3 is 1.99 bits per heavy atom. The second-order valence-corrected chi connectivity index (χ2v) is 23.0. The highest BCUT2D eigenvalue weighted by molar-refractivity contribution is 7.44. The van der Waals surface area contributed by atoms with Crippen LogP contribution in [0.4, 0.5) is 10.7 Å². The van der Waals surface area contributed by atoms with Gasteiger partial charge in [-0.15, -0.1) is 0 Å². The third-order valence-electron chi connectivity index (χ3n) is 15.4. The number of hydrogen-bond donors (Lipinski definition) is 4. The molecule has 4 N–H and O–H groups in total. The summed E-state index contributed by atoms with van der Waals surface area (Å²) in [5, 5.41) is 9.04. The van der Waals surface area contributed by atoms with Crippen molar-refractivity contribution in [3.63, 3.8) is 0 Å². The number of hydrogen-bond acceptors (Lipinski definition) is 14. The van der Waals surface area contributed by atoms with E-state index in [1.807, 2.05) is 91.0 Å². The van der Waals surface area contributed by atoms with Crippen LogP contribution in [-0.4, -0.2) is 108 Å². The molecular weight excluding hydrogens is 1100 g/mol. The molecule has 19 heteroatoms. The number of nitrogens with one attached hydrogen (secondary N) is 4. The number of fused-ring (bicyclic) bond motifs is 4. The maximum Gasteiger partial charge on any atom is 0.407 e. The summed E-state index contributed by atoms with van der Waals surface area (Å²) in [5.74, 6) is 1.38. The number of aromatic nitrogens is 4. The molecule has 10 rings (SSSR count). The number of aromatic amines is 1. The molecule has 444 valence electrons. The lowest BCUT2D eigenvalue weighted by Gasteiger charge is -2.39. The average Bonchev–Trinajstić information content (AvgIpc) is 3.23. The molecule has 85 heavy (non-hydrogen) atoms. The molecule has 1 saturated heterocycles. The summed E-state index contributed by atoms with van der Waals surface area (Å²) in [6.07, 6.45) is 0.894. The number of anilines is 1. The van der Waals surface area contributed by atoms with Gasteiger partial charge in [-0.3, -0.25) is 19.1 Å². The van der Waals surface area contributed by atoms with Crippen molar-refractivity contribution in [2.24, 2.45) is 0 Å². The molecule has 1 aliphatic carbocycles. The number of benzene rings is 6. The van der Waals surface area contributed by atoms with E-state index in [0.29, 0.717) is 55.2 Å². The largest absolute Gasteiger partial charge is 0.497 e. The number of rotatable bonds is 27. The summed E-state index contributed by atoms with van der Waals surface area (Å²) >= 11 is 0. The van der Waals surface area contributed by atoms with E-state index in [1.165, 1.54) is 11.1 Å². The quantitative estimate of drug-likeness (QED) is 0.0215. The SMILES string of the molecule is CCCOP(OC1C[C@H](n2cnc3c(=O)[nH]c(NCCCNC(=O)c4ccc(CNC(=O)OCC5c6ccccc6-c6ccccc65)cc4)nc32)O[C@@H]1COC(c1ccccc1)(c1ccc(OC)cc1)c1ccc(OC)cc1)N(C(C)C)C(C)C. The Labute approximate surface area is 497 Å². The first-order valence-electron chi connectivity index (χ1n) is 29.1. The number of imidazole rings is 1. The lowest BCUT2D eigenvalue weighted by molar-refractivity contribution is -0.0912. The zero-order valence-corrected chi connectivity index (χ0v) is 50.1. The number of carbonyl (C=O) groups excluding carboxylic acids is 2. The Bertz CT molecular complexity index is 3460. The fraction of sp³-hybridized carbons (Fsp3) is 0.348.